The molecule has 29 heavy (non-hydrogen) atoms. The summed E-state index contributed by atoms with van der Waals surface area (Å²) >= 11 is 0. The van der Waals surface area contributed by atoms with E-state index in [0.29, 0.717) is 11.4 Å². The lowest BCUT2D eigenvalue weighted by Gasteiger charge is -2.29. The highest BCUT2D eigenvalue weighted by molar-refractivity contribution is 5.99. The number of nitro benzene ring substituents is 1. The van der Waals surface area contributed by atoms with Gasteiger partial charge < -0.3 is 15.5 Å². The van der Waals surface area contributed by atoms with E-state index in [-0.39, 0.29) is 11.7 Å². The molecule has 7 heteroatoms. The number of hydrogen-bond donors (Lipinski definition) is 2. The van der Waals surface area contributed by atoms with E-state index < -0.39 is 11.0 Å². The standard InChI is InChI=1S/C22H22N4O3/c1-16(2)25(19-6-4-3-5-7-19)20-12-8-17(9-13-20)23-22(27)24-18-10-14-21(15-11-18)26(28)29/h3-16H,1-2H3,(H2,23,24,27). The van der Waals surface area contributed by atoms with E-state index in [1.807, 2.05) is 42.5 Å². The number of non-ortho nitro benzene ring substituents is 1. The minimum atomic E-state index is -0.485. The molecule has 0 aliphatic heterocycles. The van der Waals surface area contributed by atoms with E-state index in [1.165, 1.54) is 24.3 Å². The highest BCUT2D eigenvalue weighted by atomic mass is 16.6. The van der Waals surface area contributed by atoms with Crippen molar-refractivity contribution >= 4 is 34.5 Å². The first kappa shape index (κ1) is 19.9. The number of nitro groups is 1. The third-order valence-electron chi connectivity index (χ3n) is 4.29. The maximum absolute atomic E-state index is 12.2. The van der Waals surface area contributed by atoms with Gasteiger partial charge in [-0.1, -0.05) is 18.2 Å². The van der Waals surface area contributed by atoms with Gasteiger partial charge in [-0.15, -0.1) is 0 Å². The Kier molecular flexibility index (Phi) is 6.09. The number of urea groups is 1. The maximum Gasteiger partial charge on any atom is 0.323 e. The fourth-order valence-electron chi connectivity index (χ4n) is 3.00. The summed E-state index contributed by atoms with van der Waals surface area (Å²) < 4.78 is 0. The molecule has 0 fully saturated rings. The lowest BCUT2D eigenvalue weighted by Crippen LogP contribution is -2.25. The maximum atomic E-state index is 12.2. The molecule has 7 nitrogen and oxygen atoms in total. The van der Waals surface area contributed by atoms with Gasteiger partial charge in [0.15, 0.2) is 0 Å². The number of benzene rings is 3. The molecule has 3 aromatic rings. The second-order valence-corrected chi connectivity index (χ2v) is 6.73. The van der Waals surface area contributed by atoms with Crippen molar-refractivity contribution in [3.8, 4) is 0 Å². The molecule has 2 N–H and O–H groups in total. The lowest BCUT2D eigenvalue weighted by atomic mass is 10.2. The third kappa shape index (κ3) is 5.10. The summed E-state index contributed by atoms with van der Waals surface area (Å²) in [4.78, 5) is 24.6. The number of amides is 2. The van der Waals surface area contributed by atoms with Crippen LogP contribution in [0.15, 0.2) is 78.9 Å². The Hall–Kier alpha value is -3.87. The van der Waals surface area contributed by atoms with Crippen LogP contribution in [-0.4, -0.2) is 17.0 Å². The van der Waals surface area contributed by atoms with Crippen LogP contribution in [0.1, 0.15) is 13.8 Å². The molecule has 3 rings (SSSR count). The normalized spacial score (nSPS) is 10.4. The van der Waals surface area contributed by atoms with Crippen LogP contribution < -0.4 is 15.5 Å². The fourth-order valence-corrected chi connectivity index (χ4v) is 3.00. The van der Waals surface area contributed by atoms with Gasteiger partial charge in [0.2, 0.25) is 0 Å². The van der Waals surface area contributed by atoms with E-state index in [1.54, 1.807) is 0 Å². The van der Waals surface area contributed by atoms with Crippen LogP contribution in [0.4, 0.5) is 33.2 Å². The lowest BCUT2D eigenvalue weighted by molar-refractivity contribution is -0.384. The van der Waals surface area contributed by atoms with Crippen molar-refractivity contribution in [3.63, 3.8) is 0 Å². The molecular weight excluding hydrogens is 368 g/mol. The molecule has 0 radical (unpaired) electrons. The minimum absolute atomic E-state index is 0.0281. The first-order valence-electron chi connectivity index (χ1n) is 9.21. The summed E-state index contributed by atoms with van der Waals surface area (Å²) in [5, 5.41) is 16.1. The molecule has 0 atom stereocenters. The van der Waals surface area contributed by atoms with E-state index in [9.17, 15) is 14.9 Å². The highest BCUT2D eigenvalue weighted by Crippen LogP contribution is 2.28. The number of nitrogens with one attached hydrogen (secondary N) is 2. The van der Waals surface area contributed by atoms with Crippen LogP contribution in [0.3, 0.4) is 0 Å². The molecule has 148 valence electrons. The predicted molar refractivity (Wildman–Crippen MR) is 116 cm³/mol. The molecule has 2 amide bonds. The second kappa shape index (κ2) is 8.88. The Morgan fingerprint density at radius 2 is 1.31 bits per heavy atom. The summed E-state index contributed by atoms with van der Waals surface area (Å²) in [6, 6.07) is 23.2. The summed E-state index contributed by atoms with van der Waals surface area (Å²) in [5.41, 5.74) is 3.20. The molecule has 0 heterocycles. The van der Waals surface area contributed by atoms with Crippen LogP contribution in [-0.2, 0) is 0 Å². The molecule has 0 aromatic heterocycles. The fraction of sp³-hybridized carbons (Fsp3) is 0.136. The number of carbonyl (C=O) groups excluding carboxylic acids is 1. The van der Waals surface area contributed by atoms with Crippen LogP contribution in [0.2, 0.25) is 0 Å². The van der Waals surface area contributed by atoms with Gasteiger partial charge in [-0.25, -0.2) is 4.79 Å². The van der Waals surface area contributed by atoms with Gasteiger partial charge in [-0.05, 0) is 62.4 Å². The quantitative estimate of drug-likeness (QED) is 0.412. The predicted octanol–water partition coefficient (Wildman–Crippen LogP) is 5.79. The van der Waals surface area contributed by atoms with Crippen molar-refractivity contribution in [2.75, 3.05) is 15.5 Å². The van der Waals surface area contributed by atoms with E-state index in [0.717, 1.165) is 11.4 Å². The highest BCUT2D eigenvalue weighted by Gasteiger charge is 2.13. The van der Waals surface area contributed by atoms with Gasteiger partial charge in [0, 0.05) is 40.9 Å². The average Bonchev–Trinajstić information content (AvgIpc) is 2.70. The first-order valence-corrected chi connectivity index (χ1v) is 9.21. The van der Waals surface area contributed by atoms with Crippen molar-refractivity contribution in [2.24, 2.45) is 0 Å². The SMILES string of the molecule is CC(C)N(c1ccccc1)c1ccc(NC(=O)Nc2ccc([N+](=O)[O-])cc2)cc1. The van der Waals surface area contributed by atoms with Gasteiger partial charge in [-0.2, -0.15) is 0 Å². The molecule has 0 aliphatic carbocycles. The Labute approximate surface area is 169 Å². The molecule has 0 spiro atoms. The van der Waals surface area contributed by atoms with Gasteiger partial charge in [0.1, 0.15) is 0 Å². The van der Waals surface area contributed by atoms with Gasteiger partial charge in [0.05, 0.1) is 4.92 Å². The smallest absolute Gasteiger partial charge is 0.323 e. The zero-order chi connectivity index (χ0) is 20.8. The minimum Gasteiger partial charge on any atom is -0.339 e. The van der Waals surface area contributed by atoms with Gasteiger partial charge in [0.25, 0.3) is 5.69 Å². The zero-order valence-corrected chi connectivity index (χ0v) is 16.2. The molecule has 0 saturated heterocycles. The Balaban J connectivity index is 1.66. The topological polar surface area (TPSA) is 87.5 Å². The molecule has 0 bridgehead atoms. The number of para-hydroxylation sites is 1. The number of hydrogen-bond acceptors (Lipinski definition) is 4. The summed E-state index contributed by atoms with van der Waals surface area (Å²) in [6.07, 6.45) is 0. The van der Waals surface area contributed by atoms with Gasteiger partial charge >= 0.3 is 6.03 Å². The summed E-state index contributed by atoms with van der Waals surface area (Å²) in [6.45, 7) is 4.24. The van der Waals surface area contributed by atoms with E-state index >= 15 is 0 Å². The monoisotopic (exact) mass is 390 g/mol. The number of nitrogens with zero attached hydrogens (tertiary/aromatic N) is 2. The van der Waals surface area contributed by atoms with Crippen LogP contribution in [0.5, 0.6) is 0 Å². The Morgan fingerprint density at radius 3 is 1.79 bits per heavy atom. The molecule has 3 aromatic carbocycles. The first-order chi connectivity index (χ1) is 13.9. The molecule has 0 saturated carbocycles. The molecule has 0 aliphatic rings. The molecular formula is C22H22N4O3. The average molecular weight is 390 g/mol. The van der Waals surface area contributed by atoms with Crippen molar-refractivity contribution in [1.82, 2.24) is 0 Å². The van der Waals surface area contributed by atoms with E-state index in [4.69, 9.17) is 0 Å². The summed E-state index contributed by atoms with van der Waals surface area (Å²) in [7, 11) is 0. The van der Waals surface area contributed by atoms with E-state index in [2.05, 4.69) is 41.5 Å². The third-order valence-corrected chi connectivity index (χ3v) is 4.29. The molecule has 0 unspecified atom stereocenters. The number of carbonyl (C=O) groups is 1. The number of rotatable bonds is 6. The van der Waals surface area contributed by atoms with Gasteiger partial charge in [-0.3, -0.25) is 10.1 Å². The largest absolute Gasteiger partial charge is 0.339 e. The van der Waals surface area contributed by atoms with Crippen LogP contribution in [0.25, 0.3) is 0 Å². The Bertz CT molecular complexity index is 971. The Morgan fingerprint density at radius 1 is 0.828 bits per heavy atom. The zero-order valence-electron chi connectivity index (χ0n) is 16.2. The second-order valence-electron chi connectivity index (χ2n) is 6.73. The van der Waals surface area contributed by atoms with Crippen molar-refractivity contribution in [2.45, 2.75) is 19.9 Å². The van der Waals surface area contributed by atoms with Crippen LogP contribution >= 0.6 is 0 Å². The van der Waals surface area contributed by atoms with Crippen molar-refractivity contribution < 1.29 is 9.72 Å². The van der Waals surface area contributed by atoms with Crippen LogP contribution in [0, 0.1) is 10.1 Å². The summed E-state index contributed by atoms with van der Waals surface area (Å²) in [5.74, 6) is 0. The van der Waals surface area contributed by atoms with Crippen molar-refractivity contribution in [1.29, 1.82) is 0 Å². The van der Waals surface area contributed by atoms with Crippen molar-refractivity contribution in [3.05, 3.63) is 89.0 Å². The number of anilines is 4.